The predicted molar refractivity (Wildman–Crippen MR) is 68.5 cm³/mol. The monoisotopic (exact) mass is 216 g/mol. The number of rotatable bonds is 3. The lowest BCUT2D eigenvalue weighted by molar-refractivity contribution is 0.749. The van der Waals surface area contributed by atoms with Crippen LogP contribution in [-0.2, 0) is 0 Å². The van der Waals surface area contributed by atoms with E-state index in [4.69, 9.17) is 0 Å². The summed E-state index contributed by atoms with van der Waals surface area (Å²) >= 11 is 1.88. The van der Waals surface area contributed by atoms with E-state index in [-0.39, 0.29) is 0 Å². The first-order valence-electron chi connectivity index (χ1n) is 5.45. The maximum absolute atomic E-state index is 2.30. The number of hydrogen-bond donors (Lipinski definition) is 0. The maximum atomic E-state index is 2.30. The average molecular weight is 216 g/mol. The van der Waals surface area contributed by atoms with Crippen LogP contribution in [0.5, 0.6) is 0 Å². The second kappa shape index (κ2) is 4.63. The van der Waals surface area contributed by atoms with E-state index in [1.807, 2.05) is 11.3 Å². The van der Waals surface area contributed by atoms with Crippen LogP contribution in [0.1, 0.15) is 31.1 Å². The van der Waals surface area contributed by atoms with Crippen LogP contribution in [0.15, 0.2) is 41.8 Å². The molecule has 1 unspecified atom stereocenters. The Labute approximate surface area is 95.6 Å². The second-order valence-electron chi connectivity index (χ2n) is 3.87. The first-order chi connectivity index (χ1) is 7.33. The summed E-state index contributed by atoms with van der Waals surface area (Å²) in [5.74, 6) is 0.667. The molecule has 1 heteroatoms. The SMILES string of the molecule is CCC(C)c1sccc1-c1ccccc1. The summed E-state index contributed by atoms with van der Waals surface area (Å²) < 4.78 is 0. The molecule has 78 valence electrons. The van der Waals surface area contributed by atoms with Gasteiger partial charge in [0.2, 0.25) is 0 Å². The molecule has 0 fully saturated rings. The zero-order chi connectivity index (χ0) is 10.7. The van der Waals surface area contributed by atoms with Gasteiger partial charge in [0, 0.05) is 4.88 Å². The standard InChI is InChI=1S/C14H16S/c1-3-11(2)14-13(9-10-15-14)12-7-5-4-6-8-12/h4-11H,3H2,1-2H3. The molecule has 1 heterocycles. The predicted octanol–water partition coefficient (Wildman–Crippen LogP) is 4.93. The van der Waals surface area contributed by atoms with Gasteiger partial charge in [-0.3, -0.25) is 0 Å². The third-order valence-corrected chi connectivity index (χ3v) is 3.99. The third kappa shape index (κ3) is 2.13. The van der Waals surface area contributed by atoms with Crippen LogP contribution in [0, 0.1) is 0 Å². The summed E-state index contributed by atoms with van der Waals surface area (Å²) in [7, 11) is 0. The fourth-order valence-electron chi connectivity index (χ4n) is 1.74. The fraction of sp³-hybridized carbons (Fsp3) is 0.286. The minimum Gasteiger partial charge on any atom is -0.148 e. The first kappa shape index (κ1) is 10.4. The molecule has 0 nitrogen and oxygen atoms in total. The normalized spacial score (nSPS) is 12.7. The summed E-state index contributed by atoms with van der Waals surface area (Å²) in [4.78, 5) is 1.52. The van der Waals surface area contributed by atoms with E-state index >= 15 is 0 Å². The molecule has 0 N–H and O–H groups in total. The van der Waals surface area contributed by atoms with Gasteiger partial charge in [0.05, 0.1) is 0 Å². The van der Waals surface area contributed by atoms with Crippen LogP contribution < -0.4 is 0 Å². The van der Waals surface area contributed by atoms with Gasteiger partial charge in [0.1, 0.15) is 0 Å². The molecule has 0 amide bonds. The Morgan fingerprint density at radius 1 is 1.13 bits per heavy atom. The van der Waals surface area contributed by atoms with Crippen LogP contribution >= 0.6 is 11.3 Å². The molecular weight excluding hydrogens is 200 g/mol. The molecule has 0 aliphatic carbocycles. The van der Waals surface area contributed by atoms with Gasteiger partial charge in [-0.15, -0.1) is 11.3 Å². The molecule has 1 aromatic carbocycles. The molecule has 0 spiro atoms. The van der Waals surface area contributed by atoms with Crippen LogP contribution in [0.4, 0.5) is 0 Å². The van der Waals surface area contributed by atoms with Crippen LogP contribution in [-0.4, -0.2) is 0 Å². The lowest BCUT2D eigenvalue weighted by Gasteiger charge is -2.09. The van der Waals surface area contributed by atoms with Gasteiger partial charge < -0.3 is 0 Å². The lowest BCUT2D eigenvalue weighted by Crippen LogP contribution is -1.89. The van der Waals surface area contributed by atoms with Gasteiger partial charge in [0.15, 0.2) is 0 Å². The van der Waals surface area contributed by atoms with Gasteiger partial charge in [-0.2, -0.15) is 0 Å². The molecule has 2 rings (SSSR count). The Kier molecular flexibility index (Phi) is 3.22. The molecule has 0 aliphatic rings. The highest BCUT2D eigenvalue weighted by molar-refractivity contribution is 7.10. The number of benzene rings is 1. The molecule has 2 aromatic rings. The van der Waals surface area contributed by atoms with Crippen molar-refractivity contribution in [2.75, 3.05) is 0 Å². The lowest BCUT2D eigenvalue weighted by atomic mass is 9.99. The molecule has 1 aromatic heterocycles. The van der Waals surface area contributed by atoms with E-state index in [2.05, 4.69) is 55.6 Å². The third-order valence-electron chi connectivity index (χ3n) is 2.84. The van der Waals surface area contributed by atoms with Crippen molar-refractivity contribution in [1.82, 2.24) is 0 Å². The summed E-state index contributed by atoms with van der Waals surface area (Å²) in [5, 5.41) is 2.20. The van der Waals surface area contributed by atoms with Crippen molar-refractivity contribution in [1.29, 1.82) is 0 Å². The van der Waals surface area contributed by atoms with E-state index in [9.17, 15) is 0 Å². The molecule has 0 saturated heterocycles. The Hall–Kier alpha value is -1.08. The Morgan fingerprint density at radius 2 is 1.87 bits per heavy atom. The van der Waals surface area contributed by atoms with Gasteiger partial charge in [0.25, 0.3) is 0 Å². The van der Waals surface area contributed by atoms with Gasteiger partial charge in [-0.25, -0.2) is 0 Å². The fourth-order valence-corrected chi connectivity index (χ4v) is 2.81. The van der Waals surface area contributed by atoms with E-state index in [0.717, 1.165) is 0 Å². The van der Waals surface area contributed by atoms with Gasteiger partial charge in [-0.05, 0) is 34.9 Å². The molecular formula is C14H16S. The molecule has 1 atom stereocenters. The van der Waals surface area contributed by atoms with Crippen molar-refractivity contribution in [2.24, 2.45) is 0 Å². The number of thiophene rings is 1. The van der Waals surface area contributed by atoms with Crippen molar-refractivity contribution < 1.29 is 0 Å². The highest BCUT2D eigenvalue weighted by Gasteiger charge is 2.11. The smallest absolute Gasteiger partial charge is 0.0152 e. The summed E-state index contributed by atoms with van der Waals surface area (Å²) in [5.41, 5.74) is 2.75. The van der Waals surface area contributed by atoms with E-state index in [1.54, 1.807) is 0 Å². The van der Waals surface area contributed by atoms with Gasteiger partial charge in [-0.1, -0.05) is 44.2 Å². The highest BCUT2D eigenvalue weighted by atomic mass is 32.1. The topological polar surface area (TPSA) is 0 Å². The van der Waals surface area contributed by atoms with E-state index < -0.39 is 0 Å². The van der Waals surface area contributed by atoms with E-state index in [0.29, 0.717) is 5.92 Å². The van der Waals surface area contributed by atoms with Crippen molar-refractivity contribution in [3.05, 3.63) is 46.7 Å². The first-order valence-corrected chi connectivity index (χ1v) is 6.33. The van der Waals surface area contributed by atoms with Crippen molar-refractivity contribution in [3.63, 3.8) is 0 Å². The Morgan fingerprint density at radius 3 is 2.53 bits per heavy atom. The zero-order valence-electron chi connectivity index (χ0n) is 9.23. The molecule has 0 radical (unpaired) electrons. The van der Waals surface area contributed by atoms with E-state index in [1.165, 1.54) is 22.4 Å². The number of hydrogen-bond acceptors (Lipinski definition) is 1. The molecule has 0 aliphatic heterocycles. The van der Waals surface area contributed by atoms with Crippen LogP contribution in [0.2, 0.25) is 0 Å². The maximum Gasteiger partial charge on any atom is 0.0152 e. The molecule has 15 heavy (non-hydrogen) atoms. The van der Waals surface area contributed by atoms with Crippen molar-refractivity contribution in [3.8, 4) is 11.1 Å². The zero-order valence-corrected chi connectivity index (χ0v) is 10.1. The van der Waals surface area contributed by atoms with Gasteiger partial charge >= 0.3 is 0 Å². The summed E-state index contributed by atoms with van der Waals surface area (Å²) in [6, 6.07) is 12.9. The van der Waals surface area contributed by atoms with Crippen LogP contribution in [0.25, 0.3) is 11.1 Å². The minimum absolute atomic E-state index is 0.667. The minimum atomic E-state index is 0.667. The molecule has 0 saturated carbocycles. The average Bonchev–Trinajstić information content (AvgIpc) is 2.78. The summed E-state index contributed by atoms with van der Waals surface area (Å²) in [6.45, 7) is 4.55. The summed E-state index contributed by atoms with van der Waals surface area (Å²) in [6.07, 6.45) is 1.21. The second-order valence-corrected chi connectivity index (χ2v) is 4.82. The highest BCUT2D eigenvalue weighted by Crippen LogP contribution is 2.34. The van der Waals surface area contributed by atoms with Crippen molar-refractivity contribution >= 4 is 11.3 Å². The Bertz CT molecular complexity index is 414. The molecule has 0 bridgehead atoms. The quantitative estimate of drug-likeness (QED) is 0.682. The van der Waals surface area contributed by atoms with Crippen molar-refractivity contribution in [2.45, 2.75) is 26.2 Å². The largest absolute Gasteiger partial charge is 0.148 e. The van der Waals surface area contributed by atoms with Crippen LogP contribution in [0.3, 0.4) is 0 Å². The Balaban J connectivity index is 2.41.